The van der Waals surface area contributed by atoms with Gasteiger partial charge in [0.2, 0.25) is 0 Å². The van der Waals surface area contributed by atoms with E-state index in [-0.39, 0.29) is 11.4 Å². The monoisotopic (exact) mass is 312 g/mol. The van der Waals surface area contributed by atoms with Crippen LogP contribution in [-0.2, 0) is 16.0 Å². The predicted molar refractivity (Wildman–Crippen MR) is 87.4 cm³/mol. The third-order valence-corrected chi connectivity index (χ3v) is 6.86. The van der Waals surface area contributed by atoms with Gasteiger partial charge < -0.3 is 4.74 Å². The van der Waals surface area contributed by atoms with E-state index in [0.29, 0.717) is 29.1 Å². The second kappa shape index (κ2) is 5.19. The van der Waals surface area contributed by atoms with Crippen LogP contribution in [0.15, 0.2) is 18.2 Å². The number of hydrogen-bond donors (Lipinski definition) is 0. The Kier molecular flexibility index (Phi) is 3.36. The van der Waals surface area contributed by atoms with Crippen molar-refractivity contribution in [3.63, 3.8) is 0 Å². The van der Waals surface area contributed by atoms with Crippen LogP contribution in [0.5, 0.6) is 0 Å². The van der Waals surface area contributed by atoms with Gasteiger partial charge in [-0.05, 0) is 73.1 Å². The first-order valence-corrected chi connectivity index (χ1v) is 8.79. The number of methoxy groups -OCH3 is 1. The molecular weight excluding hydrogens is 288 g/mol. The molecule has 0 aromatic heterocycles. The van der Waals surface area contributed by atoms with E-state index in [9.17, 15) is 9.59 Å². The van der Waals surface area contributed by atoms with E-state index in [4.69, 9.17) is 4.74 Å². The fraction of sp³-hybridized carbons (Fsp3) is 0.600. The highest BCUT2D eigenvalue weighted by Gasteiger charge is 2.54. The van der Waals surface area contributed by atoms with Gasteiger partial charge in [0.1, 0.15) is 5.78 Å². The van der Waals surface area contributed by atoms with Crippen LogP contribution in [0.2, 0.25) is 0 Å². The van der Waals surface area contributed by atoms with Crippen molar-refractivity contribution >= 4 is 11.8 Å². The zero-order valence-electron chi connectivity index (χ0n) is 13.9. The molecule has 2 saturated carbocycles. The van der Waals surface area contributed by atoms with Gasteiger partial charge >= 0.3 is 5.97 Å². The number of carbonyl (C=O) groups excluding carboxylic acids is 2. The smallest absolute Gasteiger partial charge is 0.337 e. The molecule has 0 N–H and O–H groups in total. The lowest BCUT2D eigenvalue weighted by Gasteiger charge is -2.48. The van der Waals surface area contributed by atoms with Crippen molar-refractivity contribution in [3.8, 4) is 0 Å². The van der Waals surface area contributed by atoms with Gasteiger partial charge in [-0.2, -0.15) is 0 Å². The normalized spacial score (nSPS) is 35.2. The average Bonchev–Trinajstić information content (AvgIpc) is 2.88. The molecule has 4 rings (SSSR count). The highest BCUT2D eigenvalue weighted by atomic mass is 16.5. The molecule has 2 fully saturated rings. The molecule has 0 saturated heterocycles. The maximum absolute atomic E-state index is 12.4. The molecule has 0 spiro atoms. The van der Waals surface area contributed by atoms with Gasteiger partial charge in [0.05, 0.1) is 12.7 Å². The predicted octanol–water partition coefficient (Wildman–Crippen LogP) is 3.90. The van der Waals surface area contributed by atoms with Crippen molar-refractivity contribution in [1.82, 2.24) is 0 Å². The summed E-state index contributed by atoms with van der Waals surface area (Å²) in [5.41, 5.74) is 3.31. The first-order valence-electron chi connectivity index (χ1n) is 8.79. The largest absolute Gasteiger partial charge is 0.465 e. The molecule has 0 aliphatic heterocycles. The minimum atomic E-state index is -0.257. The number of ketones is 1. The van der Waals surface area contributed by atoms with Crippen LogP contribution in [0.25, 0.3) is 0 Å². The van der Waals surface area contributed by atoms with Crippen LogP contribution < -0.4 is 0 Å². The fourth-order valence-electron chi connectivity index (χ4n) is 5.60. The Morgan fingerprint density at radius 3 is 2.83 bits per heavy atom. The number of esters is 1. The van der Waals surface area contributed by atoms with E-state index in [1.54, 1.807) is 0 Å². The molecule has 0 bridgehead atoms. The maximum Gasteiger partial charge on any atom is 0.337 e. The van der Waals surface area contributed by atoms with E-state index in [2.05, 4.69) is 13.0 Å². The average molecular weight is 312 g/mol. The third kappa shape index (κ3) is 2.09. The van der Waals surface area contributed by atoms with Gasteiger partial charge in [-0.1, -0.05) is 13.0 Å². The van der Waals surface area contributed by atoms with Crippen LogP contribution in [0, 0.1) is 17.3 Å². The van der Waals surface area contributed by atoms with E-state index in [1.807, 2.05) is 12.1 Å². The Balaban J connectivity index is 1.67. The van der Waals surface area contributed by atoms with E-state index in [0.717, 1.165) is 38.5 Å². The second-order valence-corrected chi connectivity index (χ2v) is 7.74. The number of carbonyl (C=O) groups is 2. The lowest BCUT2D eigenvalue weighted by Crippen LogP contribution is -2.42. The Labute approximate surface area is 137 Å². The molecule has 0 radical (unpaired) electrons. The summed E-state index contributed by atoms with van der Waals surface area (Å²) in [7, 11) is 1.43. The molecule has 23 heavy (non-hydrogen) atoms. The van der Waals surface area contributed by atoms with E-state index < -0.39 is 0 Å². The molecule has 0 heterocycles. The Morgan fingerprint density at radius 2 is 2.04 bits per heavy atom. The van der Waals surface area contributed by atoms with Gasteiger partial charge in [0, 0.05) is 11.8 Å². The van der Waals surface area contributed by atoms with Gasteiger partial charge in [0.15, 0.2) is 0 Å². The SMILES string of the molecule is COC(=O)c1ccc2c(c1)CCC1[C@@H]2CC[C@]2(C)C(=O)CC[C@@H]12. The number of fused-ring (bicyclic) bond motifs is 5. The van der Waals surface area contributed by atoms with Crippen LogP contribution in [-0.4, -0.2) is 18.9 Å². The number of rotatable bonds is 1. The fourth-order valence-corrected chi connectivity index (χ4v) is 5.60. The minimum absolute atomic E-state index is 0.0649. The van der Waals surface area contributed by atoms with Crippen LogP contribution in [0.1, 0.15) is 66.4 Å². The zero-order chi connectivity index (χ0) is 16.2. The molecule has 3 aliphatic rings. The molecule has 1 unspecified atom stereocenters. The first-order chi connectivity index (χ1) is 11.0. The zero-order valence-corrected chi connectivity index (χ0v) is 13.9. The Morgan fingerprint density at radius 1 is 1.22 bits per heavy atom. The van der Waals surface area contributed by atoms with Crippen LogP contribution in [0.3, 0.4) is 0 Å². The Hall–Kier alpha value is -1.64. The van der Waals surface area contributed by atoms with Crippen molar-refractivity contribution in [2.75, 3.05) is 7.11 Å². The van der Waals surface area contributed by atoms with Gasteiger partial charge in [0.25, 0.3) is 0 Å². The van der Waals surface area contributed by atoms with Crippen molar-refractivity contribution in [2.45, 2.75) is 51.4 Å². The summed E-state index contributed by atoms with van der Waals surface area (Å²) in [6.45, 7) is 2.21. The minimum Gasteiger partial charge on any atom is -0.465 e. The van der Waals surface area contributed by atoms with Crippen molar-refractivity contribution in [1.29, 1.82) is 0 Å². The van der Waals surface area contributed by atoms with E-state index >= 15 is 0 Å². The summed E-state index contributed by atoms with van der Waals surface area (Å²) >= 11 is 0. The van der Waals surface area contributed by atoms with Gasteiger partial charge in [-0.3, -0.25) is 4.79 Å². The number of benzene rings is 1. The summed E-state index contributed by atoms with van der Waals surface area (Å²) in [4.78, 5) is 24.1. The summed E-state index contributed by atoms with van der Waals surface area (Å²) in [6, 6.07) is 6.06. The summed E-state index contributed by atoms with van der Waals surface area (Å²) < 4.78 is 4.84. The van der Waals surface area contributed by atoms with Crippen molar-refractivity contribution < 1.29 is 14.3 Å². The molecule has 3 aliphatic carbocycles. The van der Waals surface area contributed by atoms with Gasteiger partial charge in [-0.15, -0.1) is 0 Å². The molecule has 3 nitrogen and oxygen atoms in total. The molecule has 0 amide bonds. The topological polar surface area (TPSA) is 43.4 Å². The molecular formula is C20H24O3. The highest BCUT2D eigenvalue weighted by Crippen LogP contribution is 2.59. The molecule has 4 atom stereocenters. The quantitative estimate of drug-likeness (QED) is 0.739. The molecule has 1 aromatic carbocycles. The number of ether oxygens (including phenoxy) is 1. The standard InChI is InChI=1S/C20H24O3/c1-20-10-9-15-14-5-4-13(19(22)23-2)11-12(14)3-6-16(15)17(20)7-8-18(20)21/h4-5,11,15-17H,3,6-10H2,1-2H3/t15-,16?,17+,20+/m1/s1. The first kappa shape index (κ1) is 14.9. The molecule has 1 aromatic rings. The maximum atomic E-state index is 12.4. The summed E-state index contributed by atoms with van der Waals surface area (Å²) in [5.74, 6) is 1.99. The Bertz CT molecular complexity index is 677. The number of Topliss-reactive ketones (excluding diaryl/α,β-unsaturated/α-hetero) is 1. The van der Waals surface area contributed by atoms with Crippen molar-refractivity contribution in [2.24, 2.45) is 17.3 Å². The third-order valence-electron chi connectivity index (χ3n) is 6.86. The molecule has 122 valence electrons. The van der Waals surface area contributed by atoms with Gasteiger partial charge in [-0.25, -0.2) is 4.79 Å². The number of hydrogen-bond acceptors (Lipinski definition) is 3. The number of aryl methyl sites for hydroxylation is 1. The second-order valence-electron chi connectivity index (χ2n) is 7.74. The van der Waals surface area contributed by atoms with Crippen molar-refractivity contribution in [3.05, 3.63) is 34.9 Å². The molecule has 3 heteroatoms. The lowest BCUT2D eigenvalue weighted by atomic mass is 9.55. The lowest BCUT2D eigenvalue weighted by molar-refractivity contribution is -0.129. The van der Waals surface area contributed by atoms with Crippen LogP contribution >= 0.6 is 0 Å². The summed E-state index contributed by atoms with van der Waals surface area (Å²) in [6.07, 6.45) is 6.15. The summed E-state index contributed by atoms with van der Waals surface area (Å²) in [5, 5.41) is 0. The highest BCUT2D eigenvalue weighted by molar-refractivity contribution is 5.89. The van der Waals surface area contributed by atoms with E-state index in [1.165, 1.54) is 18.2 Å². The van der Waals surface area contributed by atoms with Crippen LogP contribution in [0.4, 0.5) is 0 Å².